The molecule has 27 heavy (non-hydrogen) atoms. The molecule has 0 aromatic carbocycles. The molecule has 0 radical (unpaired) electrons. The molecule has 9 heteroatoms. The van der Waals surface area contributed by atoms with E-state index in [9.17, 15) is 9.18 Å². The van der Waals surface area contributed by atoms with Gasteiger partial charge in [0.05, 0.1) is 30.1 Å². The third kappa shape index (κ3) is 2.74. The predicted molar refractivity (Wildman–Crippen MR) is 94.3 cm³/mol. The van der Waals surface area contributed by atoms with E-state index in [0.717, 1.165) is 29.4 Å². The van der Waals surface area contributed by atoms with E-state index < -0.39 is 5.67 Å². The number of rotatable bonds is 4. The molecule has 8 nitrogen and oxygen atoms in total. The van der Waals surface area contributed by atoms with E-state index in [1.807, 2.05) is 0 Å². The Bertz CT molecular complexity index is 1060. The van der Waals surface area contributed by atoms with E-state index in [4.69, 9.17) is 9.84 Å². The number of pyridine rings is 1. The lowest BCUT2D eigenvalue weighted by Gasteiger charge is -2.32. The number of carbonyl (C=O) groups excluding carboxylic acids is 1. The van der Waals surface area contributed by atoms with Gasteiger partial charge in [-0.05, 0) is 18.9 Å². The van der Waals surface area contributed by atoms with Crippen molar-refractivity contribution in [3.05, 3.63) is 35.9 Å². The standard InChI is InChI=1S/C18H17FN6O2/c1-10(26)22-15-6-13-12(7-21-15)16(11-2-3-11)24-25(13)17-20-5-4-14(23-17)18(19)8-27-9-18/h4-7,11H,2-3,8-9H2,1H3,(H,21,22,26). The average Bonchev–Trinajstić information content (AvgIpc) is 3.40. The van der Waals surface area contributed by atoms with Crippen LogP contribution in [-0.4, -0.2) is 43.9 Å². The second kappa shape index (κ2) is 5.78. The van der Waals surface area contributed by atoms with Crippen LogP contribution in [0.5, 0.6) is 0 Å². The summed E-state index contributed by atoms with van der Waals surface area (Å²) < 4.78 is 21.3. The smallest absolute Gasteiger partial charge is 0.251 e. The number of ether oxygens (including phenoxy) is 1. The molecule has 2 fully saturated rings. The zero-order chi connectivity index (χ0) is 18.6. The molecule has 1 amide bonds. The molecule has 1 saturated carbocycles. The van der Waals surface area contributed by atoms with E-state index >= 15 is 0 Å². The number of nitrogens with one attached hydrogen (secondary N) is 1. The van der Waals surface area contributed by atoms with Gasteiger partial charge in [0.1, 0.15) is 5.82 Å². The lowest BCUT2D eigenvalue weighted by atomic mass is 10.0. The number of alkyl halides is 1. The van der Waals surface area contributed by atoms with Gasteiger partial charge in [0.15, 0.2) is 5.67 Å². The van der Waals surface area contributed by atoms with E-state index in [-0.39, 0.29) is 30.8 Å². The zero-order valence-corrected chi connectivity index (χ0v) is 14.6. The highest BCUT2D eigenvalue weighted by molar-refractivity contribution is 5.91. The summed E-state index contributed by atoms with van der Waals surface area (Å²) in [6, 6.07) is 3.30. The first-order valence-corrected chi connectivity index (χ1v) is 8.80. The van der Waals surface area contributed by atoms with Crippen molar-refractivity contribution in [2.24, 2.45) is 0 Å². The van der Waals surface area contributed by atoms with Crippen molar-refractivity contribution in [1.82, 2.24) is 24.7 Å². The first-order chi connectivity index (χ1) is 13.0. The zero-order valence-electron chi connectivity index (χ0n) is 14.6. The number of nitrogens with zero attached hydrogens (tertiary/aromatic N) is 5. The lowest BCUT2D eigenvalue weighted by molar-refractivity contribution is -0.137. The van der Waals surface area contributed by atoms with Crippen molar-refractivity contribution in [1.29, 1.82) is 0 Å². The predicted octanol–water partition coefficient (Wildman–Crippen LogP) is 2.24. The fourth-order valence-corrected chi connectivity index (χ4v) is 3.22. The number of hydrogen-bond acceptors (Lipinski definition) is 6. The highest BCUT2D eigenvalue weighted by Gasteiger charge is 2.42. The molecule has 4 heterocycles. The summed E-state index contributed by atoms with van der Waals surface area (Å²) in [6.07, 6.45) is 5.38. The van der Waals surface area contributed by atoms with E-state index in [0.29, 0.717) is 11.7 Å². The maximum Gasteiger partial charge on any atom is 0.251 e. The average molecular weight is 368 g/mol. The molecule has 3 aromatic rings. The number of anilines is 1. The normalized spacial score (nSPS) is 18.3. The van der Waals surface area contributed by atoms with Crippen LogP contribution >= 0.6 is 0 Å². The van der Waals surface area contributed by atoms with Crippen molar-refractivity contribution in [3.8, 4) is 5.95 Å². The third-order valence-corrected chi connectivity index (χ3v) is 4.82. The Morgan fingerprint density at radius 1 is 1.37 bits per heavy atom. The number of carbonyl (C=O) groups is 1. The summed E-state index contributed by atoms with van der Waals surface area (Å²) in [5.41, 5.74) is 0.364. The Hall–Kier alpha value is -2.94. The van der Waals surface area contributed by atoms with Crippen LogP contribution in [0.3, 0.4) is 0 Å². The SMILES string of the molecule is CC(=O)Nc1cc2c(cn1)c(C1CC1)nn2-c1nccc(C2(F)COC2)n1. The van der Waals surface area contributed by atoms with Gasteiger partial charge in [-0.15, -0.1) is 0 Å². The Kier molecular flexibility index (Phi) is 3.48. The molecular weight excluding hydrogens is 351 g/mol. The molecule has 1 N–H and O–H groups in total. The molecule has 3 aromatic heterocycles. The Morgan fingerprint density at radius 3 is 2.85 bits per heavy atom. The first-order valence-electron chi connectivity index (χ1n) is 8.80. The van der Waals surface area contributed by atoms with Gasteiger partial charge in [-0.3, -0.25) is 4.79 Å². The van der Waals surface area contributed by atoms with Crippen LogP contribution in [0.2, 0.25) is 0 Å². The summed E-state index contributed by atoms with van der Waals surface area (Å²) >= 11 is 0. The first kappa shape index (κ1) is 16.2. The summed E-state index contributed by atoms with van der Waals surface area (Å²) in [4.78, 5) is 24.4. The lowest BCUT2D eigenvalue weighted by Crippen LogP contribution is -2.43. The van der Waals surface area contributed by atoms with Crippen LogP contribution in [0.1, 0.15) is 37.1 Å². The van der Waals surface area contributed by atoms with Gasteiger partial charge < -0.3 is 10.1 Å². The van der Waals surface area contributed by atoms with Gasteiger partial charge in [-0.1, -0.05) is 0 Å². The number of amides is 1. The highest BCUT2D eigenvalue weighted by atomic mass is 19.1. The van der Waals surface area contributed by atoms with Crippen LogP contribution < -0.4 is 5.32 Å². The maximum atomic E-state index is 14.7. The van der Waals surface area contributed by atoms with Gasteiger partial charge in [0.2, 0.25) is 5.91 Å². The fraction of sp³-hybridized carbons (Fsp3) is 0.389. The molecule has 1 aliphatic carbocycles. The van der Waals surface area contributed by atoms with Crippen molar-refractivity contribution < 1.29 is 13.9 Å². The van der Waals surface area contributed by atoms with Crippen molar-refractivity contribution in [2.75, 3.05) is 18.5 Å². The molecule has 0 atom stereocenters. The molecule has 1 aliphatic heterocycles. The Labute approximate surface area is 153 Å². The molecular formula is C18H17FN6O2. The van der Waals surface area contributed by atoms with Gasteiger partial charge >= 0.3 is 0 Å². The molecule has 2 aliphatic rings. The second-order valence-electron chi connectivity index (χ2n) is 7.04. The monoisotopic (exact) mass is 368 g/mol. The summed E-state index contributed by atoms with van der Waals surface area (Å²) in [6.45, 7) is 1.41. The summed E-state index contributed by atoms with van der Waals surface area (Å²) in [7, 11) is 0. The second-order valence-corrected chi connectivity index (χ2v) is 7.04. The Morgan fingerprint density at radius 2 is 2.19 bits per heavy atom. The van der Waals surface area contributed by atoms with E-state index in [2.05, 4.69) is 20.3 Å². The molecule has 5 rings (SSSR count). The van der Waals surface area contributed by atoms with E-state index in [1.165, 1.54) is 13.1 Å². The largest absolute Gasteiger partial charge is 0.374 e. The fourth-order valence-electron chi connectivity index (χ4n) is 3.22. The molecule has 1 saturated heterocycles. The number of halogens is 1. The van der Waals surface area contributed by atoms with Crippen LogP contribution in [0.25, 0.3) is 16.9 Å². The molecule has 0 unspecified atom stereocenters. The van der Waals surface area contributed by atoms with Gasteiger partial charge in [-0.25, -0.2) is 19.3 Å². The molecule has 0 bridgehead atoms. The van der Waals surface area contributed by atoms with Crippen molar-refractivity contribution in [3.63, 3.8) is 0 Å². The summed E-state index contributed by atoms with van der Waals surface area (Å²) in [5.74, 6) is 0.883. The maximum absolute atomic E-state index is 14.7. The topological polar surface area (TPSA) is 94.8 Å². The van der Waals surface area contributed by atoms with Crippen LogP contribution in [0.4, 0.5) is 10.2 Å². The van der Waals surface area contributed by atoms with Gasteiger partial charge in [-0.2, -0.15) is 9.78 Å². The quantitative estimate of drug-likeness (QED) is 0.759. The van der Waals surface area contributed by atoms with Crippen LogP contribution in [-0.2, 0) is 15.2 Å². The number of fused-ring (bicyclic) bond motifs is 1. The highest BCUT2D eigenvalue weighted by Crippen LogP contribution is 2.43. The Balaban J connectivity index is 1.65. The van der Waals surface area contributed by atoms with Crippen molar-refractivity contribution in [2.45, 2.75) is 31.4 Å². The van der Waals surface area contributed by atoms with Crippen LogP contribution in [0.15, 0.2) is 24.5 Å². The summed E-state index contributed by atoms with van der Waals surface area (Å²) in [5, 5.41) is 8.26. The number of aromatic nitrogens is 5. The minimum atomic E-state index is -1.58. The molecule has 0 spiro atoms. The van der Waals surface area contributed by atoms with Gasteiger partial charge in [0.25, 0.3) is 5.95 Å². The van der Waals surface area contributed by atoms with Crippen LogP contribution in [0, 0.1) is 0 Å². The number of hydrogen-bond donors (Lipinski definition) is 1. The minimum absolute atomic E-state index is 0.00671. The van der Waals surface area contributed by atoms with Gasteiger partial charge in [0, 0.05) is 36.7 Å². The van der Waals surface area contributed by atoms with Crippen molar-refractivity contribution >= 4 is 22.6 Å². The third-order valence-electron chi connectivity index (χ3n) is 4.82. The minimum Gasteiger partial charge on any atom is -0.374 e. The van der Waals surface area contributed by atoms with E-state index in [1.54, 1.807) is 23.0 Å². The molecule has 138 valence electrons.